The van der Waals surface area contributed by atoms with Gasteiger partial charge in [0.25, 0.3) is 5.91 Å². The Labute approximate surface area is 112 Å². The average molecular weight is 262 g/mol. The van der Waals surface area contributed by atoms with Crippen LogP contribution in [0.1, 0.15) is 33.2 Å². The van der Waals surface area contributed by atoms with Crippen molar-refractivity contribution in [3.63, 3.8) is 0 Å². The van der Waals surface area contributed by atoms with Crippen molar-refractivity contribution >= 4 is 5.91 Å². The zero-order chi connectivity index (χ0) is 14.2. The third-order valence-electron chi connectivity index (χ3n) is 3.14. The minimum Gasteiger partial charge on any atom is -0.361 e. The second-order valence-corrected chi connectivity index (χ2v) is 4.76. The van der Waals surface area contributed by atoms with E-state index >= 15 is 0 Å². The highest BCUT2D eigenvalue weighted by molar-refractivity contribution is 5.92. The summed E-state index contributed by atoms with van der Waals surface area (Å²) in [5, 5.41) is 8.08. The first-order valence-corrected chi connectivity index (χ1v) is 6.08. The van der Waals surface area contributed by atoms with Gasteiger partial charge in [0, 0.05) is 19.7 Å². The van der Waals surface area contributed by atoms with Crippen molar-refractivity contribution in [2.24, 2.45) is 7.05 Å². The quantitative estimate of drug-likeness (QED) is 0.843. The highest BCUT2D eigenvalue weighted by Crippen LogP contribution is 2.15. The Morgan fingerprint density at radius 1 is 1.42 bits per heavy atom. The molecule has 6 heteroatoms. The van der Waals surface area contributed by atoms with Gasteiger partial charge in [0.05, 0.1) is 17.9 Å². The highest BCUT2D eigenvalue weighted by atomic mass is 16.5. The van der Waals surface area contributed by atoms with Crippen LogP contribution in [0.5, 0.6) is 0 Å². The Morgan fingerprint density at radius 3 is 2.58 bits per heavy atom. The molecule has 2 rings (SSSR count). The molecule has 0 aromatic carbocycles. The molecule has 0 aliphatic heterocycles. The summed E-state index contributed by atoms with van der Waals surface area (Å²) in [5.74, 6) is 0.682. The van der Waals surface area contributed by atoms with Crippen molar-refractivity contribution in [1.82, 2.24) is 19.8 Å². The van der Waals surface area contributed by atoms with Crippen LogP contribution in [0.2, 0.25) is 0 Å². The number of nitrogens with zero attached hydrogens (tertiary/aromatic N) is 4. The molecule has 0 N–H and O–H groups in total. The molecule has 0 aliphatic carbocycles. The van der Waals surface area contributed by atoms with E-state index in [1.54, 1.807) is 29.7 Å². The van der Waals surface area contributed by atoms with E-state index < -0.39 is 0 Å². The van der Waals surface area contributed by atoms with Gasteiger partial charge in [-0.05, 0) is 26.8 Å². The lowest BCUT2D eigenvalue weighted by Gasteiger charge is -2.16. The van der Waals surface area contributed by atoms with Crippen LogP contribution < -0.4 is 0 Å². The first-order chi connectivity index (χ1) is 8.90. The summed E-state index contributed by atoms with van der Waals surface area (Å²) in [6, 6.07) is 1.78. The fourth-order valence-corrected chi connectivity index (χ4v) is 2.04. The monoisotopic (exact) mass is 262 g/mol. The zero-order valence-corrected chi connectivity index (χ0v) is 11.9. The van der Waals surface area contributed by atoms with Crippen LogP contribution in [0, 0.1) is 20.8 Å². The van der Waals surface area contributed by atoms with E-state index in [9.17, 15) is 4.79 Å². The topological polar surface area (TPSA) is 64.2 Å². The smallest absolute Gasteiger partial charge is 0.272 e. The number of hydrogen-bond acceptors (Lipinski definition) is 4. The van der Waals surface area contributed by atoms with E-state index in [2.05, 4.69) is 10.3 Å². The number of amides is 1. The number of aromatic nitrogens is 3. The third-order valence-corrected chi connectivity index (χ3v) is 3.14. The van der Waals surface area contributed by atoms with Gasteiger partial charge in [-0.2, -0.15) is 5.10 Å². The number of carbonyl (C=O) groups excluding carboxylic acids is 1. The van der Waals surface area contributed by atoms with Gasteiger partial charge in [-0.25, -0.2) is 0 Å². The van der Waals surface area contributed by atoms with Crippen LogP contribution in [0.3, 0.4) is 0 Å². The lowest BCUT2D eigenvalue weighted by molar-refractivity contribution is 0.0773. The van der Waals surface area contributed by atoms with Gasteiger partial charge >= 0.3 is 0 Å². The van der Waals surface area contributed by atoms with E-state index in [0.29, 0.717) is 12.2 Å². The zero-order valence-electron chi connectivity index (χ0n) is 11.9. The molecule has 0 aliphatic rings. The molecule has 0 spiro atoms. The lowest BCUT2D eigenvalue weighted by Crippen LogP contribution is -2.28. The molecular weight excluding hydrogens is 244 g/mol. The van der Waals surface area contributed by atoms with Crippen molar-refractivity contribution < 1.29 is 9.32 Å². The van der Waals surface area contributed by atoms with Crippen molar-refractivity contribution in [3.8, 4) is 0 Å². The fraction of sp³-hybridized carbons (Fsp3) is 0.462. The van der Waals surface area contributed by atoms with Crippen LogP contribution in [-0.4, -0.2) is 32.8 Å². The van der Waals surface area contributed by atoms with Gasteiger partial charge in [-0.1, -0.05) is 5.16 Å². The predicted octanol–water partition coefficient (Wildman–Crippen LogP) is 1.61. The summed E-state index contributed by atoms with van der Waals surface area (Å²) < 4.78 is 6.70. The second-order valence-electron chi connectivity index (χ2n) is 4.76. The molecule has 102 valence electrons. The standard InChI is InChI=1S/C13H18N4O2/c1-8-6-12(17(5)14-8)13(18)16(4)7-11-9(2)15-19-10(11)3/h6H,7H2,1-5H3. The van der Waals surface area contributed by atoms with Gasteiger partial charge in [0.15, 0.2) is 0 Å². The molecule has 0 saturated heterocycles. The lowest BCUT2D eigenvalue weighted by atomic mass is 10.2. The van der Waals surface area contributed by atoms with Gasteiger partial charge in [0.2, 0.25) is 0 Å². The number of aryl methyl sites for hydroxylation is 4. The SMILES string of the molecule is Cc1cc(C(=O)N(C)Cc2c(C)noc2C)n(C)n1. The van der Waals surface area contributed by atoms with Crippen LogP contribution in [0.4, 0.5) is 0 Å². The minimum atomic E-state index is -0.0666. The molecule has 0 bridgehead atoms. The number of carbonyl (C=O) groups is 1. The van der Waals surface area contributed by atoms with Gasteiger partial charge < -0.3 is 9.42 Å². The van der Waals surface area contributed by atoms with Crippen LogP contribution in [0.25, 0.3) is 0 Å². The molecule has 0 radical (unpaired) electrons. The first-order valence-electron chi connectivity index (χ1n) is 6.08. The molecule has 2 aromatic heterocycles. The summed E-state index contributed by atoms with van der Waals surface area (Å²) in [7, 11) is 3.53. The maximum Gasteiger partial charge on any atom is 0.272 e. The fourth-order valence-electron chi connectivity index (χ4n) is 2.04. The van der Waals surface area contributed by atoms with Crippen LogP contribution in [-0.2, 0) is 13.6 Å². The predicted molar refractivity (Wildman–Crippen MR) is 69.7 cm³/mol. The first kappa shape index (κ1) is 13.3. The normalized spacial score (nSPS) is 10.8. The van der Waals surface area contributed by atoms with Crippen molar-refractivity contribution in [2.75, 3.05) is 7.05 Å². The van der Waals surface area contributed by atoms with Crippen LogP contribution >= 0.6 is 0 Å². The largest absolute Gasteiger partial charge is 0.361 e. The van der Waals surface area contributed by atoms with E-state index in [1.807, 2.05) is 20.8 Å². The van der Waals surface area contributed by atoms with Crippen LogP contribution in [0.15, 0.2) is 10.6 Å². The Balaban J connectivity index is 2.19. The molecular formula is C13H18N4O2. The molecule has 0 saturated carbocycles. The molecule has 2 heterocycles. The molecule has 19 heavy (non-hydrogen) atoms. The summed E-state index contributed by atoms with van der Waals surface area (Å²) in [4.78, 5) is 14.0. The number of hydrogen-bond donors (Lipinski definition) is 0. The average Bonchev–Trinajstić information content (AvgIpc) is 2.84. The Kier molecular flexibility index (Phi) is 3.42. The Morgan fingerprint density at radius 2 is 2.11 bits per heavy atom. The maximum absolute atomic E-state index is 12.3. The highest BCUT2D eigenvalue weighted by Gasteiger charge is 2.19. The Bertz CT molecular complexity index is 593. The van der Waals surface area contributed by atoms with Crippen molar-refractivity contribution in [3.05, 3.63) is 34.5 Å². The summed E-state index contributed by atoms with van der Waals surface area (Å²) in [6.07, 6.45) is 0. The second kappa shape index (κ2) is 4.87. The van der Waals surface area contributed by atoms with E-state index in [0.717, 1.165) is 22.7 Å². The minimum absolute atomic E-state index is 0.0666. The van der Waals surface area contributed by atoms with Gasteiger partial charge in [-0.3, -0.25) is 9.48 Å². The van der Waals surface area contributed by atoms with E-state index in [1.165, 1.54) is 0 Å². The van der Waals surface area contributed by atoms with E-state index in [4.69, 9.17) is 4.52 Å². The van der Waals surface area contributed by atoms with Gasteiger partial charge in [0.1, 0.15) is 11.5 Å². The molecule has 0 fully saturated rings. The summed E-state index contributed by atoms with van der Waals surface area (Å²) in [6.45, 7) is 6.07. The molecule has 2 aromatic rings. The number of rotatable bonds is 3. The molecule has 6 nitrogen and oxygen atoms in total. The molecule has 0 unspecified atom stereocenters. The molecule has 1 amide bonds. The summed E-state index contributed by atoms with van der Waals surface area (Å²) >= 11 is 0. The summed E-state index contributed by atoms with van der Waals surface area (Å²) in [5.41, 5.74) is 3.18. The van der Waals surface area contributed by atoms with E-state index in [-0.39, 0.29) is 5.91 Å². The maximum atomic E-state index is 12.3. The third kappa shape index (κ3) is 2.52. The van der Waals surface area contributed by atoms with Gasteiger partial charge in [-0.15, -0.1) is 0 Å². The molecule has 0 atom stereocenters. The van der Waals surface area contributed by atoms with Crippen molar-refractivity contribution in [1.29, 1.82) is 0 Å². The van der Waals surface area contributed by atoms with Crippen molar-refractivity contribution in [2.45, 2.75) is 27.3 Å². The Hall–Kier alpha value is -2.11.